The zero-order valence-corrected chi connectivity index (χ0v) is 20.5. The molecule has 2 N–H and O–H groups in total. The van der Waals surface area contributed by atoms with Crippen molar-refractivity contribution in [2.45, 2.75) is 52.1 Å². The molecule has 2 heterocycles. The maximum atomic E-state index is 14.3. The van der Waals surface area contributed by atoms with Crippen LogP contribution in [0.5, 0.6) is 0 Å². The molecule has 0 saturated carbocycles. The Kier molecular flexibility index (Phi) is 7.52. The molecule has 10 nitrogen and oxygen atoms in total. The molecule has 10 heteroatoms. The molecule has 2 aliphatic heterocycles. The van der Waals surface area contributed by atoms with Crippen LogP contribution in [-0.4, -0.2) is 50.2 Å². The fourth-order valence-corrected chi connectivity index (χ4v) is 4.33. The van der Waals surface area contributed by atoms with E-state index in [-0.39, 0.29) is 35.0 Å². The van der Waals surface area contributed by atoms with Crippen LogP contribution in [0.4, 0.5) is 5.69 Å². The molecule has 3 rings (SSSR count). The van der Waals surface area contributed by atoms with Crippen molar-refractivity contribution in [1.29, 1.82) is 0 Å². The first-order chi connectivity index (χ1) is 16.6. The van der Waals surface area contributed by atoms with Crippen LogP contribution in [-0.2, 0) is 43.5 Å². The Balaban J connectivity index is 2.32. The number of benzene rings is 1. The maximum absolute atomic E-state index is 14.3. The van der Waals surface area contributed by atoms with Gasteiger partial charge in [-0.1, -0.05) is 31.5 Å². The summed E-state index contributed by atoms with van der Waals surface area (Å²) in [5, 5.41) is 0. The maximum Gasteiger partial charge on any atom is 0.341 e. The summed E-state index contributed by atoms with van der Waals surface area (Å²) in [6.07, 6.45) is 0.826. The molecule has 0 bridgehead atoms. The number of carbonyl (C=O) groups is 4. The van der Waals surface area contributed by atoms with Gasteiger partial charge in [0.1, 0.15) is 28.9 Å². The molecule has 188 valence electrons. The number of methoxy groups -OCH3 is 1. The second kappa shape index (κ2) is 10.2. The molecule has 2 aliphatic rings. The predicted octanol–water partition coefficient (Wildman–Crippen LogP) is 2.21. The summed E-state index contributed by atoms with van der Waals surface area (Å²) in [4.78, 5) is 54.4. The minimum atomic E-state index is -2.04. The third-order valence-corrected chi connectivity index (χ3v) is 5.77. The van der Waals surface area contributed by atoms with Crippen LogP contribution in [0.2, 0.25) is 0 Å². The van der Waals surface area contributed by atoms with E-state index < -0.39 is 41.9 Å². The van der Waals surface area contributed by atoms with Crippen molar-refractivity contribution < 1.29 is 38.1 Å². The van der Waals surface area contributed by atoms with Crippen molar-refractivity contribution in [2.24, 2.45) is 5.73 Å². The molecule has 0 fully saturated rings. The average Bonchev–Trinajstić information content (AvgIpc) is 3.02. The highest BCUT2D eigenvalue weighted by Gasteiger charge is 2.64. The van der Waals surface area contributed by atoms with E-state index in [1.54, 1.807) is 38.1 Å². The van der Waals surface area contributed by atoms with Crippen molar-refractivity contribution in [3.05, 3.63) is 52.6 Å². The number of amides is 1. The quantitative estimate of drug-likeness (QED) is 0.333. The van der Waals surface area contributed by atoms with Gasteiger partial charge >= 0.3 is 17.9 Å². The van der Waals surface area contributed by atoms with Gasteiger partial charge in [0.05, 0.1) is 19.8 Å². The number of ether oxygens (including phenoxy) is 4. The number of fused-ring (bicyclic) bond motifs is 2. The number of para-hydroxylation sites is 1. The van der Waals surface area contributed by atoms with Gasteiger partial charge in [0.2, 0.25) is 11.8 Å². The molecule has 0 aromatic heterocycles. The van der Waals surface area contributed by atoms with Gasteiger partial charge in [-0.2, -0.15) is 0 Å². The van der Waals surface area contributed by atoms with Gasteiger partial charge in [-0.3, -0.25) is 14.5 Å². The second-order valence-electron chi connectivity index (χ2n) is 8.45. The highest BCUT2D eigenvalue weighted by Crippen LogP contribution is 2.54. The van der Waals surface area contributed by atoms with Crippen LogP contribution in [0.25, 0.3) is 0 Å². The molecule has 1 amide bonds. The normalized spacial score (nSPS) is 19.1. The monoisotopic (exact) mass is 486 g/mol. The molecule has 1 aromatic rings. The minimum Gasteiger partial charge on any atom is -0.468 e. The van der Waals surface area contributed by atoms with Gasteiger partial charge < -0.3 is 24.7 Å². The average molecular weight is 487 g/mol. The largest absolute Gasteiger partial charge is 0.468 e. The lowest BCUT2D eigenvalue weighted by atomic mass is 9.67. The molecule has 1 atom stereocenters. The fraction of sp³-hybridized carbons (Fsp3) is 0.440. The molecule has 0 radical (unpaired) electrons. The van der Waals surface area contributed by atoms with Crippen LogP contribution in [0.15, 0.2) is 47.1 Å². The van der Waals surface area contributed by atoms with Crippen molar-refractivity contribution in [1.82, 2.24) is 0 Å². The minimum absolute atomic E-state index is 0.00123. The lowest BCUT2D eigenvalue weighted by Gasteiger charge is -2.36. The first-order valence-corrected chi connectivity index (χ1v) is 11.4. The van der Waals surface area contributed by atoms with Crippen LogP contribution < -0.4 is 10.6 Å². The second-order valence-corrected chi connectivity index (χ2v) is 8.45. The van der Waals surface area contributed by atoms with E-state index >= 15 is 0 Å². The lowest BCUT2D eigenvalue weighted by molar-refractivity contribution is -0.146. The van der Waals surface area contributed by atoms with Crippen LogP contribution in [0, 0.1) is 0 Å². The van der Waals surface area contributed by atoms with E-state index in [9.17, 15) is 19.2 Å². The van der Waals surface area contributed by atoms with Crippen molar-refractivity contribution >= 4 is 29.5 Å². The molecule has 1 spiro atoms. The highest BCUT2D eigenvalue weighted by molar-refractivity contribution is 6.23. The molecular formula is C25H30N2O8. The number of esters is 3. The van der Waals surface area contributed by atoms with E-state index in [0.29, 0.717) is 12.1 Å². The Morgan fingerprint density at radius 3 is 2.46 bits per heavy atom. The number of hydrogen-bond acceptors (Lipinski definition) is 9. The SMILES string of the molecule is CCCCOC(=O)C1=C(N)OC(C)=C(C(=O)OC(C)C)[C@]12C(=O)N(CC(=O)OC)c1ccccc12. The van der Waals surface area contributed by atoms with Gasteiger partial charge in [0.25, 0.3) is 0 Å². The van der Waals surface area contributed by atoms with E-state index in [1.807, 2.05) is 6.92 Å². The number of hydrogen-bond donors (Lipinski definition) is 1. The summed E-state index contributed by atoms with van der Waals surface area (Å²) in [6, 6.07) is 6.53. The smallest absolute Gasteiger partial charge is 0.341 e. The number of nitrogens with zero attached hydrogens (tertiary/aromatic N) is 1. The van der Waals surface area contributed by atoms with E-state index in [2.05, 4.69) is 0 Å². The van der Waals surface area contributed by atoms with Crippen molar-refractivity contribution in [3.63, 3.8) is 0 Å². The Labute approximate surface area is 203 Å². The first kappa shape index (κ1) is 25.8. The van der Waals surface area contributed by atoms with Crippen molar-refractivity contribution in [3.8, 4) is 0 Å². The summed E-state index contributed by atoms with van der Waals surface area (Å²) in [5.41, 5.74) is 4.22. The lowest BCUT2D eigenvalue weighted by Crippen LogP contribution is -2.51. The topological polar surface area (TPSA) is 134 Å². The van der Waals surface area contributed by atoms with E-state index in [1.165, 1.54) is 14.0 Å². The number of allylic oxidation sites excluding steroid dienone is 1. The third kappa shape index (κ3) is 4.36. The Morgan fingerprint density at radius 2 is 1.83 bits per heavy atom. The van der Waals surface area contributed by atoms with E-state index in [0.717, 1.165) is 11.3 Å². The summed E-state index contributed by atoms with van der Waals surface area (Å²) in [6.45, 7) is 6.34. The molecular weight excluding hydrogens is 456 g/mol. The number of anilines is 1. The Hall–Kier alpha value is -3.82. The fourth-order valence-electron chi connectivity index (χ4n) is 4.33. The summed E-state index contributed by atoms with van der Waals surface area (Å²) < 4.78 is 21.3. The van der Waals surface area contributed by atoms with E-state index in [4.69, 9.17) is 24.7 Å². The van der Waals surface area contributed by atoms with Crippen LogP contribution >= 0.6 is 0 Å². The van der Waals surface area contributed by atoms with Gasteiger partial charge in [0.15, 0.2) is 0 Å². The molecule has 0 aliphatic carbocycles. The Morgan fingerprint density at radius 1 is 1.14 bits per heavy atom. The summed E-state index contributed by atoms with van der Waals surface area (Å²) >= 11 is 0. The number of rotatable bonds is 8. The van der Waals surface area contributed by atoms with Crippen LogP contribution in [0.3, 0.4) is 0 Å². The Bertz CT molecular complexity index is 1120. The zero-order chi connectivity index (χ0) is 25.9. The third-order valence-electron chi connectivity index (χ3n) is 5.77. The number of nitrogens with two attached hydrogens (primary N) is 1. The molecule has 0 saturated heterocycles. The molecule has 1 aromatic carbocycles. The predicted molar refractivity (Wildman–Crippen MR) is 125 cm³/mol. The molecule has 35 heavy (non-hydrogen) atoms. The molecule has 0 unspecified atom stereocenters. The standard InChI is InChI=1S/C25H30N2O8/c1-6-7-12-33-22(29)20-21(26)35-15(4)19(23(30)34-14(2)3)25(20)16-10-8-9-11-17(16)27(24(25)31)13-18(28)32-5/h8-11,14H,6-7,12-13,26H2,1-5H3/t25-/m0/s1. The van der Waals surface area contributed by atoms with Gasteiger partial charge in [-0.15, -0.1) is 0 Å². The summed E-state index contributed by atoms with van der Waals surface area (Å²) in [5.74, 6) is -3.55. The van der Waals surface area contributed by atoms with Gasteiger partial charge in [-0.05, 0) is 33.3 Å². The van der Waals surface area contributed by atoms with Crippen LogP contribution in [0.1, 0.15) is 46.1 Å². The zero-order valence-electron chi connectivity index (χ0n) is 20.5. The van der Waals surface area contributed by atoms with Crippen molar-refractivity contribution in [2.75, 3.05) is 25.2 Å². The first-order valence-electron chi connectivity index (χ1n) is 11.4. The summed E-state index contributed by atoms with van der Waals surface area (Å²) in [7, 11) is 1.20. The van der Waals surface area contributed by atoms with Gasteiger partial charge in [0, 0.05) is 11.3 Å². The van der Waals surface area contributed by atoms with Gasteiger partial charge in [-0.25, -0.2) is 9.59 Å². The highest BCUT2D eigenvalue weighted by atomic mass is 16.6. The number of carbonyl (C=O) groups excluding carboxylic acids is 4. The number of unbranched alkanes of at least 4 members (excludes halogenated alkanes) is 1.